The molecule has 1 heterocycles. The summed E-state index contributed by atoms with van der Waals surface area (Å²) in [7, 11) is 1.68. The average molecular weight is 395 g/mol. The number of hydrogen-bond acceptors (Lipinski definition) is 4. The molecule has 1 amide bonds. The zero-order chi connectivity index (χ0) is 21.4. The normalized spacial score (nSPS) is 15.6. The van der Waals surface area contributed by atoms with Gasteiger partial charge in [-0.15, -0.1) is 0 Å². The maximum absolute atomic E-state index is 13.0. The zero-order valence-corrected chi connectivity index (χ0v) is 19.1. The molecule has 28 heavy (non-hydrogen) atoms. The monoisotopic (exact) mass is 394 g/mol. The van der Waals surface area contributed by atoms with Crippen LogP contribution in [0, 0.1) is 0 Å². The summed E-state index contributed by atoms with van der Waals surface area (Å²) in [5, 5.41) is 3.40. The molecule has 0 saturated carbocycles. The molecule has 1 saturated heterocycles. The van der Waals surface area contributed by atoms with Crippen molar-refractivity contribution in [3.05, 3.63) is 29.8 Å². The molecular weight excluding hydrogens is 352 g/mol. The van der Waals surface area contributed by atoms with Gasteiger partial charge in [0.1, 0.15) is 5.75 Å². The Morgan fingerprint density at radius 2 is 1.93 bits per heavy atom. The summed E-state index contributed by atoms with van der Waals surface area (Å²) in [5.74, 6) is 0.823. The van der Waals surface area contributed by atoms with E-state index in [0.29, 0.717) is 18.8 Å². The minimum absolute atomic E-state index is 0.0843. The van der Waals surface area contributed by atoms with Gasteiger partial charge >= 0.3 is 0 Å². The highest BCUT2D eigenvalue weighted by atomic mass is 16.5. The summed E-state index contributed by atoms with van der Waals surface area (Å²) in [5.41, 5.74) is 0.693. The molecule has 2 rings (SSSR count). The lowest BCUT2D eigenvalue weighted by Gasteiger charge is -2.37. The van der Waals surface area contributed by atoms with Gasteiger partial charge in [0.2, 0.25) is 0 Å². The second kappa shape index (κ2) is 16.4. The standard InChI is InChI=1S/C19H30N2O3.2C2H6/c1-15(2)21(17-8-5-10-20-14-17)19(22)16-7-4-9-18(13-16)24-12-6-11-23-3;2*1-2/h4,7,9,13,15,17,20H,5-6,8,10-12,14H2,1-3H3;2*1-2H3/t17-;;/m1../s1. The Labute approximate surface area is 172 Å². The minimum atomic E-state index is 0.0843. The molecule has 5 heteroatoms. The van der Waals surface area contributed by atoms with E-state index in [1.54, 1.807) is 7.11 Å². The van der Waals surface area contributed by atoms with E-state index < -0.39 is 0 Å². The van der Waals surface area contributed by atoms with Gasteiger partial charge in [0.15, 0.2) is 0 Å². The molecule has 1 fully saturated rings. The molecule has 5 nitrogen and oxygen atoms in total. The molecule has 0 radical (unpaired) electrons. The van der Waals surface area contributed by atoms with Crippen molar-refractivity contribution in [1.29, 1.82) is 0 Å². The van der Waals surface area contributed by atoms with Crippen LogP contribution in [0.3, 0.4) is 0 Å². The number of carbonyl (C=O) groups is 1. The molecule has 0 spiro atoms. The quantitative estimate of drug-likeness (QED) is 0.646. The molecule has 1 atom stereocenters. The van der Waals surface area contributed by atoms with E-state index in [9.17, 15) is 4.79 Å². The summed E-state index contributed by atoms with van der Waals surface area (Å²) in [6, 6.07) is 7.94. The Balaban J connectivity index is 0.00000171. The first-order chi connectivity index (χ1) is 13.6. The summed E-state index contributed by atoms with van der Waals surface area (Å²) in [6.45, 7) is 15.3. The van der Waals surface area contributed by atoms with Crippen molar-refractivity contribution >= 4 is 5.91 Å². The van der Waals surface area contributed by atoms with Crippen LogP contribution in [0.15, 0.2) is 24.3 Å². The van der Waals surface area contributed by atoms with E-state index in [2.05, 4.69) is 19.2 Å². The van der Waals surface area contributed by atoms with Crippen LogP contribution >= 0.6 is 0 Å². The third-order valence-electron chi connectivity index (χ3n) is 4.30. The molecule has 1 aromatic carbocycles. The van der Waals surface area contributed by atoms with Crippen molar-refractivity contribution in [2.45, 2.75) is 72.9 Å². The second-order valence-corrected chi connectivity index (χ2v) is 6.53. The van der Waals surface area contributed by atoms with E-state index in [-0.39, 0.29) is 18.0 Å². The fourth-order valence-corrected chi connectivity index (χ4v) is 3.15. The highest BCUT2D eigenvalue weighted by Crippen LogP contribution is 2.20. The number of hydrogen-bond donors (Lipinski definition) is 1. The Kier molecular flexibility index (Phi) is 15.4. The first-order valence-electron chi connectivity index (χ1n) is 10.9. The van der Waals surface area contributed by atoms with Crippen LogP contribution in [-0.2, 0) is 4.74 Å². The molecule has 0 aliphatic carbocycles. The molecular formula is C23H42N2O3. The number of nitrogens with one attached hydrogen (secondary N) is 1. The number of nitrogens with zero attached hydrogens (tertiary/aromatic N) is 1. The van der Waals surface area contributed by atoms with Gasteiger partial charge in [-0.25, -0.2) is 0 Å². The van der Waals surface area contributed by atoms with Crippen molar-refractivity contribution < 1.29 is 14.3 Å². The molecule has 1 aromatic rings. The highest BCUT2D eigenvalue weighted by Gasteiger charge is 2.28. The fourth-order valence-electron chi connectivity index (χ4n) is 3.15. The van der Waals surface area contributed by atoms with Crippen LogP contribution in [0.25, 0.3) is 0 Å². The Hall–Kier alpha value is -1.59. The van der Waals surface area contributed by atoms with Gasteiger partial charge in [-0.1, -0.05) is 33.8 Å². The zero-order valence-electron chi connectivity index (χ0n) is 19.1. The van der Waals surface area contributed by atoms with Crippen LogP contribution in [0.5, 0.6) is 5.75 Å². The average Bonchev–Trinajstić information content (AvgIpc) is 2.75. The van der Waals surface area contributed by atoms with Gasteiger partial charge in [0.05, 0.1) is 6.61 Å². The summed E-state index contributed by atoms with van der Waals surface area (Å²) in [6.07, 6.45) is 3.01. The number of piperidine rings is 1. The SMILES string of the molecule is CC.CC.COCCCOc1cccc(C(=O)N(C(C)C)[C@@H]2CCCNC2)c1. The number of carbonyl (C=O) groups excluding carboxylic acids is 1. The van der Waals surface area contributed by atoms with Crippen LogP contribution in [-0.4, -0.2) is 56.3 Å². The van der Waals surface area contributed by atoms with Crippen molar-refractivity contribution in [3.8, 4) is 5.75 Å². The van der Waals surface area contributed by atoms with Crippen molar-refractivity contribution in [2.24, 2.45) is 0 Å². The van der Waals surface area contributed by atoms with Crippen LogP contribution in [0.4, 0.5) is 0 Å². The van der Waals surface area contributed by atoms with E-state index in [0.717, 1.165) is 38.1 Å². The summed E-state index contributed by atoms with van der Waals surface area (Å²) in [4.78, 5) is 15.0. The first-order valence-corrected chi connectivity index (χ1v) is 10.9. The number of ether oxygens (including phenoxy) is 2. The molecule has 0 unspecified atom stereocenters. The maximum Gasteiger partial charge on any atom is 0.254 e. The molecule has 162 valence electrons. The number of amides is 1. The van der Waals surface area contributed by atoms with E-state index in [4.69, 9.17) is 9.47 Å². The third kappa shape index (κ3) is 9.07. The van der Waals surface area contributed by atoms with E-state index in [1.165, 1.54) is 0 Å². The van der Waals surface area contributed by atoms with E-state index in [1.807, 2.05) is 56.9 Å². The van der Waals surface area contributed by atoms with Crippen molar-refractivity contribution in [1.82, 2.24) is 10.2 Å². The summed E-state index contributed by atoms with van der Waals surface area (Å²) < 4.78 is 10.7. The van der Waals surface area contributed by atoms with Gasteiger partial charge in [0.25, 0.3) is 5.91 Å². The topological polar surface area (TPSA) is 50.8 Å². The van der Waals surface area contributed by atoms with Gasteiger partial charge in [-0.05, 0) is 51.4 Å². The lowest BCUT2D eigenvalue weighted by atomic mass is 10.0. The first kappa shape index (κ1) is 26.4. The van der Waals surface area contributed by atoms with Crippen LogP contribution in [0.2, 0.25) is 0 Å². The smallest absolute Gasteiger partial charge is 0.254 e. The maximum atomic E-state index is 13.0. The van der Waals surface area contributed by atoms with E-state index >= 15 is 0 Å². The predicted molar refractivity (Wildman–Crippen MR) is 118 cm³/mol. The molecule has 1 aliphatic rings. The van der Waals surface area contributed by atoms with Gasteiger partial charge in [-0.2, -0.15) is 0 Å². The lowest BCUT2D eigenvalue weighted by Crippen LogP contribution is -2.51. The fraction of sp³-hybridized carbons (Fsp3) is 0.696. The largest absolute Gasteiger partial charge is 0.493 e. The van der Waals surface area contributed by atoms with Crippen molar-refractivity contribution in [3.63, 3.8) is 0 Å². The minimum Gasteiger partial charge on any atom is -0.493 e. The second-order valence-electron chi connectivity index (χ2n) is 6.53. The van der Waals surface area contributed by atoms with Gasteiger partial charge in [-0.3, -0.25) is 4.79 Å². The predicted octanol–water partition coefficient (Wildman–Crippen LogP) is 4.76. The summed E-state index contributed by atoms with van der Waals surface area (Å²) >= 11 is 0. The highest BCUT2D eigenvalue weighted by molar-refractivity contribution is 5.95. The third-order valence-corrected chi connectivity index (χ3v) is 4.30. The molecule has 1 N–H and O–H groups in total. The number of methoxy groups -OCH3 is 1. The Morgan fingerprint density at radius 3 is 2.50 bits per heavy atom. The van der Waals surface area contributed by atoms with Crippen LogP contribution in [0.1, 0.15) is 71.2 Å². The number of rotatable bonds is 8. The van der Waals surface area contributed by atoms with Gasteiger partial charge in [0, 0.05) is 44.3 Å². The Morgan fingerprint density at radius 1 is 1.21 bits per heavy atom. The molecule has 0 bridgehead atoms. The molecule has 1 aliphatic heterocycles. The van der Waals surface area contributed by atoms with Crippen LogP contribution < -0.4 is 10.1 Å². The Bertz CT molecular complexity index is 514. The van der Waals surface area contributed by atoms with Crippen molar-refractivity contribution in [2.75, 3.05) is 33.4 Å². The number of benzene rings is 1. The molecule has 0 aromatic heterocycles. The lowest BCUT2D eigenvalue weighted by molar-refractivity contribution is 0.0573. The van der Waals surface area contributed by atoms with Gasteiger partial charge < -0.3 is 19.7 Å².